The molecule has 3 nitrogen and oxygen atoms in total. The number of nitrogens with one attached hydrogen (secondary N) is 1. The second kappa shape index (κ2) is 4.77. The first-order valence-electron chi connectivity index (χ1n) is 5.85. The van der Waals surface area contributed by atoms with Gasteiger partial charge in [-0.05, 0) is 39.1 Å². The molecule has 0 aliphatic heterocycles. The van der Waals surface area contributed by atoms with E-state index in [1.165, 1.54) is 6.07 Å². The van der Waals surface area contributed by atoms with Crippen molar-refractivity contribution in [1.82, 2.24) is 15.3 Å². The van der Waals surface area contributed by atoms with Gasteiger partial charge in [0, 0.05) is 11.1 Å². The van der Waals surface area contributed by atoms with Crippen LogP contribution in [0.25, 0.3) is 10.9 Å². The number of aromatic nitrogens is 2. The van der Waals surface area contributed by atoms with Crippen LogP contribution in [0.2, 0.25) is 0 Å². The lowest BCUT2D eigenvalue weighted by Crippen LogP contribution is -2.16. The molecular weight excluding hydrogens is 255 g/mol. The highest BCUT2D eigenvalue weighted by atomic mass is 19.4. The van der Waals surface area contributed by atoms with Crippen molar-refractivity contribution in [1.29, 1.82) is 0 Å². The number of halogens is 3. The highest BCUT2D eigenvalue weighted by Crippen LogP contribution is 2.31. The predicted octanol–water partition coefficient (Wildman–Crippen LogP) is 3.24. The maximum absolute atomic E-state index is 12.7. The van der Waals surface area contributed by atoms with Crippen molar-refractivity contribution in [2.24, 2.45) is 0 Å². The molecule has 0 fully saturated rings. The van der Waals surface area contributed by atoms with Crippen molar-refractivity contribution >= 4 is 10.9 Å². The summed E-state index contributed by atoms with van der Waals surface area (Å²) < 4.78 is 38.0. The molecule has 0 saturated carbocycles. The van der Waals surface area contributed by atoms with Gasteiger partial charge < -0.3 is 5.32 Å². The first-order chi connectivity index (χ1) is 8.82. The number of hydrogen-bond donors (Lipinski definition) is 1. The lowest BCUT2D eigenvalue weighted by Gasteiger charge is -2.12. The van der Waals surface area contributed by atoms with E-state index in [2.05, 4.69) is 15.3 Å². The molecule has 1 atom stereocenters. The minimum atomic E-state index is -4.35. The summed E-state index contributed by atoms with van der Waals surface area (Å²) in [7, 11) is 1.78. The van der Waals surface area contributed by atoms with Crippen LogP contribution in [-0.4, -0.2) is 17.0 Å². The van der Waals surface area contributed by atoms with Gasteiger partial charge in [0.05, 0.1) is 17.1 Å². The van der Waals surface area contributed by atoms with Crippen LogP contribution in [0.1, 0.15) is 30.0 Å². The van der Waals surface area contributed by atoms with E-state index in [4.69, 9.17) is 0 Å². The molecule has 0 aliphatic carbocycles. The summed E-state index contributed by atoms with van der Waals surface area (Å²) in [4.78, 5) is 8.54. The monoisotopic (exact) mass is 269 g/mol. The van der Waals surface area contributed by atoms with Crippen molar-refractivity contribution in [2.45, 2.75) is 26.1 Å². The fourth-order valence-corrected chi connectivity index (χ4v) is 1.80. The van der Waals surface area contributed by atoms with Gasteiger partial charge in [0.1, 0.15) is 5.82 Å². The van der Waals surface area contributed by atoms with E-state index >= 15 is 0 Å². The Kier molecular flexibility index (Phi) is 3.45. The third-order valence-electron chi connectivity index (χ3n) is 3.05. The highest BCUT2D eigenvalue weighted by molar-refractivity contribution is 5.81. The minimum absolute atomic E-state index is 0.0506. The van der Waals surface area contributed by atoms with Gasteiger partial charge in [-0.15, -0.1) is 0 Å². The third kappa shape index (κ3) is 2.68. The Balaban J connectivity index is 2.60. The molecule has 0 amide bonds. The highest BCUT2D eigenvalue weighted by Gasteiger charge is 2.30. The Labute approximate surface area is 108 Å². The summed E-state index contributed by atoms with van der Waals surface area (Å²) >= 11 is 0. The van der Waals surface area contributed by atoms with Crippen molar-refractivity contribution in [3.8, 4) is 0 Å². The normalized spacial score (nSPS) is 13.8. The molecule has 2 rings (SSSR count). The Bertz CT molecular complexity index is 608. The van der Waals surface area contributed by atoms with Gasteiger partial charge in [0.2, 0.25) is 0 Å². The van der Waals surface area contributed by atoms with Gasteiger partial charge in [-0.25, -0.2) is 9.97 Å². The molecule has 102 valence electrons. The number of benzene rings is 1. The number of rotatable bonds is 2. The van der Waals surface area contributed by atoms with Crippen LogP contribution in [0.4, 0.5) is 13.2 Å². The van der Waals surface area contributed by atoms with Gasteiger partial charge in [-0.1, -0.05) is 0 Å². The molecule has 1 aromatic carbocycles. The zero-order valence-corrected chi connectivity index (χ0v) is 10.8. The van der Waals surface area contributed by atoms with Gasteiger partial charge in [0.25, 0.3) is 0 Å². The van der Waals surface area contributed by atoms with Gasteiger partial charge in [-0.3, -0.25) is 0 Å². The van der Waals surface area contributed by atoms with E-state index in [1.807, 2.05) is 6.92 Å². The average molecular weight is 269 g/mol. The molecule has 0 aliphatic rings. The number of hydrogen-bond acceptors (Lipinski definition) is 3. The topological polar surface area (TPSA) is 37.8 Å². The zero-order chi connectivity index (χ0) is 14.2. The number of alkyl halides is 3. The van der Waals surface area contributed by atoms with Crippen LogP contribution >= 0.6 is 0 Å². The van der Waals surface area contributed by atoms with Crippen molar-refractivity contribution in [3.63, 3.8) is 0 Å². The van der Waals surface area contributed by atoms with Gasteiger partial charge in [-0.2, -0.15) is 13.2 Å². The van der Waals surface area contributed by atoms with Crippen molar-refractivity contribution < 1.29 is 13.2 Å². The van der Waals surface area contributed by atoms with Crippen LogP contribution in [0.3, 0.4) is 0 Å². The third-order valence-corrected chi connectivity index (χ3v) is 3.05. The molecule has 0 bridgehead atoms. The Morgan fingerprint density at radius 2 is 1.89 bits per heavy atom. The summed E-state index contributed by atoms with van der Waals surface area (Å²) in [5, 5.41) is 3.44. The first kappa shape index (κ1) is 13.7. The molecule has 6 heteroatoms. The molecule has 0 radical (unpaired) electrons. The molecule has 1 aromatic heterocycles. The summed E-state index contributed by atoms with van der Waals surface area (Å²) in [5.41, 5.74) is 0.395. The lowest BCUT2D eigenvalue weighted by molar-refractivity contribution is -0.137. The fraction of sp³-hybridized carbons (Fsp3) is 0.385. The maximum atomic E-state index is 12.7. The van der Waals surface area contributed by atoms with Crippen molar-refractivity contribution in [2.75, 3.05) is 7.05 Å². The number of aryl methyl sites for hydroxylation is 1. The van der Waals surface area contributed by atoms with E-state index in [-0.39, 0.29) is 6.04 Å². The molecule has 1 heterocycles. The van der Waals surface area contributed by atoms with Crippen LogP contribution in [0, 0.1) is 6.92 Å². The zero-order valence-electron chi connectivity index (χ0n) is 10.8. The lowest BCUT2D eigenvalue weighted by atomic mass is 10.1. The minimum Gasteiger partial charge on any atom is -0.311 e. The second-order valence-corrected chi connectivity index (χ2v) is 4.41. The molecule has 1 N–H and O–H groups in total. The average Bonchev–Trinajstić information content (AvgIpc) is 2.36. The SMILES string of the molecule is CNC(C)c1nc(C)c2cc(C(F)(F)F)ccc2n1. The first-order valence-corrected chi connectivity index (χ1v) is 5.85. The molecule has 0 saturated heterocycles. The Morgan fingerprint density at radius 3 is 2.47 bits per heavy atom. The van der Waals surface area contributed by atoms with Crippen LogP contribution in [0.15, 0.2) is 18.2 Å². The van der Waals surface area contributed by atoms with E-state index in [9.17, 15) is 13.2 Å². The van der Waals surface area contributed by atoms with Crippen LogP contribution in [0.5, 0.6) is 0 Å². The van der Waals surface area contributed by atoms with E-state index in [1.54, 1.807) is 14.0 Å². The Hall–Kier alpha value is -1.69. The van der Waals surface area contributed by atoms with Crippen molar-refractivity contribution in [3.05, 3.63) is 35.3 Å². The largest absolute Gasteiger partial charge is 0.416 e. The standard InChI is InChI=1S/C13H14F3N3/c1-7-10-6-9(13(14,15)16)4-5-11(10)19-12(18-7)8(2)17-3/h4-6,8,17H,1-3H3. The summed E-state index contributed by atoms with van der Waals surface area (Å²) in [5.74, 6) is 0.576. The second-order valence-electron chi connectivity index (χ2n) is 4.41. The molecule has 1 unspecified atom stereocenters. The fourth-order valence-electron chi connectivity index (χ4n) is 1.80. The smallest absolute Gasteiger partial charge is 0.311 e. The molecule has 19 heavy (non-hydrogen) atoms. The summed E-state index contributed by atoms with van der Waals surface area (Å²) in [6, 6.07) is 3.48. The van der Waals surface area contributed by atoms with Gasteiger partial charge >= 0.3 is 6.18 Å². The van der Waals surface area contributed by atoms with Crippen LogP contribution in [-0.2, 0) is 6.18 Å². The summed E-state index contributed by atoms with van der Waals surface area (Å²) in [6.45, 7) is 3.58. The molecule has 2 aromatic rings. The maximum Gasteiger partial charge on any atom is 0.416 e. The number of fused-ring (bicyclic) bond motifs is 1. The molecular formula is C13H14F3N3. The Morgan fingerprint density at radius 1 is 1.21 bits per heavy atom. The predicted molar refractivity (Wildman–Crippen MR) is 66.8 cm³/mol. The van der Waals surface area contributed by atoms with Gasteiger partial charge in [0.15, 0.2) is 0 Å². The van der Waals surface area contributed by atoms with E-state index in [0.29, 0.717) is 22.4 Å². The summed E-state index contributed by atoms with van der Waals surface area (Å²) in [6.07, 6.45) is -4.35. The number of nitrogens with zero attached hydrogens (tertiary/aromatic N) is 2. The van der Waals surface area contributed by atoms with E-state index < -0.39 is 11.7 Å². The molecule has 0 spiro atoms. The van der Waals surface area contributed by atoms with E-state index in [0.717, 1.165) is 12.1 Å². The van der Waals surface area contributed by atoms with Crippen LogP contribution < -0.4 is 5.32 Å². The quantitative estimate of drug-likeness (QED) is 0.909.